The molecule has 1 saturated heterocycles. The summed E-state index contributed by atoms with van der Waals surface area (Å²) in [6.07, 6.45) is -0.350. The number of carbonyl (C=O) groups excluding carboxylic acids is 1. The molecule has 23 heavy (non-hydrogen) atoms. The van der Waals surface area contributed by atoms with Crippen molar-refractivity contribution in [1.82, 2.24) is 10.6 Å². The summed E-state index contributed by atoms with van der Waals surface area (Å²) in [6.45, 7) is 7.25. The van der Waals surface area contributed by atoms with E-state index in [1.165, 1.54) is 16.3 Å². The second-order valence-corrected chi connectivity index (χ2v) is 7.12. The maximum atomic E-state index is 12.0. The summed E-state index contributed by atoms with van der Waals surface area (Å²) in [5, 5.41) is 8.84. The first-order valence-electron chi connectivity index (χ1n) is 8.11. The third-order valence-electron chi connectivity index (χ3n) is 4.12. The van der Waals surface area contributed by atoms with Gasteiger partial charge in [-0.3, -0.25) is 0 Å². The molecule has 0 saturated carbocycles. The monoisotopic (exact) mass is 312 g/mol. The van der Waals surface area contributed by atoms with Gasteiger partial charge in [0.05, 0.1) is 6.04 Å². The van der Waals surface area contributed by atoms with Gasteiger partial charge < -0.3 is 15.4 Å². The van der Waals surface area contributed by atoms with Gasteiger partial charge in [-0.05, 0) is 37.1 Å². The van der Waals surface area contributed by atoms with Crippen LogP contribution in [0.1, 0.15) is 32.3 Å². The zero-order valence-corrected chi connectivity index (χ0v) is 13.9. The Balaban J connectivity index is 1.76. The van der Waals surface area contributed by atoms with E-state index in [2.05, 4.69) is 47.0 Å². The lowest BCUT2D eigenvalue weighted by Gasteiger charge is -2.24. The molecule has 3 rings (SSSR count). The van der Waals surface area contributed by atoms with E-state index in [0.29, 0.717) is 0 Å². The average molecular weight is 312 g/mol. The Labute approximate surface area is 137 Å². The van der Waals surface area contributed by atoms with E-state index in [4.69, 9.17) is 4.74 Å². The van der Waals surface area contributed by atoms with Crippen LogP contribution in [0.4, 0.5) is 4.79 Å². The molecule has 0 aliphatic carbocycles. The summed E-state index contributed by atoms with van der Waals surface area (Å²) >= 11 is 0. The van der Waals surface area contributed by atoms with Gasteiger partial charge in [0.2, 0.25) is 0 Å². The summed E-state index contributed by atoms with van der Waals surface area (Å²) in [4.78, 5) is 12.0. The van der Waals surface area contributed by atoms with Crippen molar-refractivity contribution < 1.29 is 9.53 Å². The average Bonchev–Trinajstić information content (AvgIpc) is 2.92. The van der Waals surface area contributed by atoms with Crippen molar-refractivity contribution in [3.8, 4) is 0 Å². The molecule has 1 heterocycles. The van der Waals surface area contributed by atoms with Crippen molar-refractivity contribution in [2.75, 3.05) is 13.1 Å². The highest BCUT2D eigenvalue weighted by Gasteiger charge is 2.31. The minimum absolute atomic E-state index is 0.0472. The Morgan fingerprint density at radius 1 is 1.13 bits per heavy atom. The van der Waals surface area contributed by atoms with Crippen LogP contribution in [0.2, 0.25) is 0 Å². The van der Waals surface area contributed by atoms with Crippen LogP contribution in [0.25, 0.3) is 10.8 Å². The van der Waals surface area contributed by atoms with Gasteiger partial charge in [0.25, 0.3) is 0 Å². The Bertz CT molecular complexity index is 706. The smallest absolute Gasteiger partial charge is 0.407 e. The summed E-state index contributed by atoms with van der Waals surface area (Å²) in [5.41, 5.74) is 0.768. The zero-order valence-electron chi connectivity index (χ0n) is 13.9. The van der Waals surface area contributed by atoms with Gasteiger partial charge >= 0.3 is 6.09 Å². The van der Waals surface area contributed by atoms with Crippen molar-refractivity contribution in [3.05, 3.63) is 48.0 Å². The van der Waals surface area contributed by atoms with E-state index < -0.39 is 5.60 Å². The van der Waals surface area contributed by atoms with Gasteiger partial charge in [-0.2, -0.15) is 0 Å². The van der Waals surface area contributed by atoms with Crippen molar-refractivity contribution in [2.45, 2.75) is 38.3 Å². The van der Waals surface area contributed by atoms with Gasteiger partial charge in [-0.1, -0.05) is 42.5 Å². The highest BCUT2D eigenvalue weighted by atomic mass is 16.6. The van der Waals surface area contributed by atoms with Gasteiger partial charge in [-0.15, -0.1) is 0 Å². The lowest BCUT2D eigenvalue weighted by Crippen LogP contribution is -2.42. The largest absolute Gasteiger partial charge is 0.444 e. The molecule has 0 unspecified atom stereocenters. The molecule has 0 spiro atoms. The number of benzene rings is 2. The van der Waals surface area contributed by atoms with E-state index in [9.17, 15) is 4.79 Å². The highest BCUT2D eigenvalue weighted by molar-refractivity contribution is 5.83. The predicted molar refractivity (Wildman–Crippen MR) is 92.7 cm³/mol. The number of amides is 1. The fraction of sp³-hybridized carbons (Fsp3) is 0.421. The molecule has 1 aliphatic rings. The van der Waals surface area contributed by atoms with Crippen LogP contribution < -0.4 is 10.6 Å². The number of alkyl carbamates (subject to hydrolysis) is 1. The van der Waals surface area contributed by atoms with Crippen LogP contribution in [0.5, 0.6) is 0 Å². The lowest BCUT2D eigenvalue weighted by molar-refractivity contribution is 0.0504. The van der Waals surface area contributed by atoms with Crippen LogP contribution in [0.15, 0.2) is 42.5 Å². The molecule has 0 bridgehead atoms. The van der Waals surface area contributed by atoms with Crippen LogP contribution in [0, 0.1) is 0 Å². The number of ether oxygens (including phenoxy) is 1. The van der Waals surface area contributed by atoms with Crippen LogP contribution in [0.3, 0.4) is 0 Å². The normalized spacial score (nSPS) is 21.3. The predicted octanol–water partition coefficient (Wildman–Crippen LogP) is 3.42. The van der Waals surface area contributed by atoms with Crippen molar-refractivity contribution in [2.24, 2.45) is 0 Å². The van der Waals surface area contributed by atoms with Crippen molar-refractivity contribution in [3.63, 3.8) is 0 Å². The van der Waals surface area contributed by atoms with Crippen LogP contribution in [-0.2, 0) is 4.74 Å². The van der Waals surface area contributed by atoms with Gasteiger partial charge in [0.1, 0.15) is 5.60 Å². The molecule has 2 N–H and O–H groups in total. The quantitative estimate of drug-likeness (QED) is 0.893. The molecule has 4 nitrogen and oxygen atoms in total. The van der Waals surface area contributed by atoms with Crippen molar-refractivity contribution in [1.29, 1.82) is 0 Å². The maximum absolute atomic E-state index is 12.0. The minimum atomic E-state index is -0.478. The molecule has 1 fully saturated rings. The second-order valence-electron chi connectivity index (χ2n) is 7.12. The molecular weight excluding hydrogens is 288 g/mol. The molecule has 0 aromatic heterocycles. The number of nitrogens with one attached hydrogen (secondary N) is 2. The second kappa shape index (κ2) is 6.20. The van der Waals surface area contributed by atoms with Crippen molar-refractivity contribution >= 4 is 16.9 Å². The summed E-state index contributed by atoms with van der Waals surface area (Å²) in [7, 11) is 0. The zero-order chi connectivity index (χ0) is 16.4. The fourth-order valence-electron chi connectivity index (χ4n) is 3.08. The van der Waals surface area contributed by atoms with Crippen LogP contribution in [-0.4, -0.2) is 30.8 Å². The Kier molecular flexibility index (Phi) is 4.26. The Morgan fingerprint density at radius 3 is 2.61 bits per heavy atom. The lowest BCUT2D eigenvalue weighted by atomic mass is 9.92. The molecular formula is C19H24N2O2. The number of fused-ring (bicyclic) bond motifs is 1. The summed E-state index contributed by atoms with van der Waals surface area (Å²) in [6, 6.07) is 14.9. The molecule has 2 atom stereocenters. The SMILES string of the molecule is CC(C)(C)OC(=O)N[C@@H]1CNC[C@H]1c1ccc2ccccc2c1. The maximum Gasteiger partial charge on any atom is 0.407 e. The van der Waals surface area contributed by atoms with E-state index in [1.54, 1.807) is 0 Å². The summed E-state index contributed by atoms with van der Waals surface area (Å²) in [5.74, 6) is 0.257. The first-order valence-corrected chi connectivity index (χ1v) is 8.11. The molecule has 0 radical (unpaired) electrons. The third-order valence-corrected chi connectivity index (χ3v) is 4.12. The molecule has 122 valence electrons. The molecule has 1 aliphatic heterocycles. The first kappa shape index (κ1) is 15.8. The fourth-order valence-corrected chi connectivity index (χ4v) is 3.08. The highest BCUT2D eigenvalue weighted by Crippen LogP contribution is 2.26. The number of rotatable bonds is 2. The van der Waals surface area contributed by atoms with Crippen LogP contribution >= 0.6 is 0 Å². The Morgan fingerprint density at radius 2 is 1.87 bits per heavy atom. The van der Waals surface area contributed by atoms with Gasteiger partial charge in [0.15, 0.2) is 0 Å². The minimum Gasteiger partial charge on any atom is -0.444 e. The van der Waals surface area contributed by atoms with E-state index >= 15 is 0 Å². The van der Waals surface area contributed by atoms with E-state index in [0.717, 1.165) is 13.1 Å². The number of carbonyl (C=O) groups is 1. The summed E-state index contributed by atoms with van der Waals surface area (Å²) < 4.78 is 5.38. The number of hydrogen-bond acceptors (Lipinski definition) is 3. The number of hydrogen-bond donors (Lipinski definition) is 2. The molecule has 1 amide bonds. The molecule has 4 heteroatoms. The molecule has 2 aromatic rings. The standard InChI is InChI=1S/C19H24N2O2/c1-19(2,3)23-18(22)21-17-12-20-11-16(17)15-9-8-13-6-4-5-7-14(13)10-15/h4-10,16-17,20H,11-12H2,1-3H3,(H,21,22)/t16-,17+/m0/s1. The van der Waals surface area contributed by atoms with E-state index in [-0.39, 0.29) is 18.1 Å². The van der Waals surface area contributed by atoms with Gasteiger partial charge in [-0.25, -0.2) is 4.79 Å². The Hall–Kier alpha value is -2.07. The topological polar surface area (TPSA) is 50.4 Å². The molecule has 2 aromatic carbocycles. The van der Waals surface area contributed by atoms with E-state index in [1.807, 2.05) is 26.8 Å². The first-order chi connectivity index (χ1) is 10.9. The third kappa shape index (κ3) is 3.82. The van der Waals surface area contributed by atoms with Gasteiger partial charge in [0, 0.05) is 19.0 Å².